The van der Waals surface area contributed by atoms with E-state index in [0.29, 0.717) is 37.7 Å². The van der Waals surface area contributed by atoms with Gasteiger partial charge in [0.1, 0.15) is 5.75 Å². The maximum Gasteiger partial charge on any atom is 0.356 e. The zero-order valence-corrected chi connectivity index (χ0v) is 17.7. The monoisotopic (exact) mass is 436 g/mol. The summed E-state index contributed by atoms with van der Waals surface area (Å²) in [5.41, 5.74) is 0.961. The van der Waals surface area contributed by atoms with Gasteiger partial charge in [-0.2, -0.15) is 9.78 Å². The molecule has 32 heavy (non-hydrogen) atoms. The van der Waals surface area contributed by atoms with Crippen LogP contribution in [0.25, 0.3) is 0 Å². The molecule has 0 atom stereocenters. The predicted molar refractivity (Wildman–Crippen MR) is 116 cm³/mol. The van der Waals surface area contributed by atoms with Gasteiger partial charge in [-0.25, -0.2) is 9.59 Å². The molecule has 166 valence electrons. The van der Waals surface area contributed by atoms with Crippen molar-refractivity contribution in [1.82, 2.24) is 19.6 Å². The fourth-order valence-electron chi connectivity index (χ4n) is 3.58. The van der Waals surface area contributed by atoms with Crippen molar-refractivity contribution in [2.24, 2.45) is 0 Å². The number of para-hydroxylation sites is 2. The van der Waals surface area contributed by atoms with E-state index in [1.54, 1.807) is 12.0 Å². The number of piperazine rings is 1. The average Bonchev–Trinajstić information content (AvgIpc) is 3.31. The van der Waals surface area contributed by atoms with Crippen LogP contribution in [0.5, 0.6) is 17.2 Å². The Morgan fingerprint density at radius 2 is 1.75 bits per heavy atom. The van der Waals surface area contributed by atoms with Crippen LogP contribution in [0.3, 0.4) is 0 Å². The van der Waals surface area contributed by atoms with Gasteiger partial charge in [-0.3, -0.25) is 4.90 Å². The van der Waals surface area contributed by atoms with E-state index in [1.807, 2.05) is 48.5 Å². The number of hydrogen-bond acceptors (Lipinski definition) is 6. The molecule has 1 aromatic heterocycles. The van der Waals surface area contributed by atoms with Gasteiger partial charge in [0.15, 0.2) is 17.2 Å². The van der Waals surface area contributed by atoms with E-state index in [1.165, 1.54) is 12.3 Å². The number of rotatable bonds is 6. The van der Waals surface area contributed by atoms with Gasteiger partial charge in [0.25, 0.3) is 0 Å². The summed E-state index contributed by atoms with van der Waals surface area (Å²) in [6, 6.07) is 16.4. The molecule has 1 aliphatic rings. The Morgan fingerprint density at radius 3 is 2.44 bits per heavy atom. The van der Waals surface area contributed by atoms with Crippen LogP contribution in [0.1, 0.15) is 16.1 Å². The fraction of sp³-hybridized carbons (Fsp3) is 0.261. The lowest BCUT2D eigenvalue weighted by molar-refractivity contribution is 0.0689. The Balaban J connectivity index is 1.33. The maximum absolute atomic E-state index is 12.6. The Bertz CT molecular complexity index is 1110. The number of methoxy groups -OCH3 is 1. The Labute approximate surface area is 185 Å². The predicted octanol–water partition coefficient (Wildman–Crippen LogP) is 3.17. The Kier molecular flexibility index (Phi) is 6.37. The molecule has 1 fully saturated rings. The number of ether oxygens (including phenoxy) is 2. The smallest absolute Gasteiger partial charge is 0.356 e. The van der Waals surface area contributed by atoms with Crippen LogP contribution in [-0.2, 0) is 6.54 Å². The normalized spacial score (nSPS) is 14.2. The minimum absolute atomic E-state index is 0.146. The molecule has 0 unspecified atom stereocenters. The molecule has 0 saturated carbocycles. The molecule has 1 aliphatic heterocycles. The van der Waals surface area contributed by atoms with Gasteiger partial charge in [0.2, 0.25) is 0 Å². The van der Waals surface area contributed by atoms with Crippen molar-refractivity contribution in [1.29, 1.82) is 0 Å². The molecule has 2 aromatic carbocycles. The number of carbonyl (C=O) groups excluding carboxylic acids is 1. The molecule has 9 heteroatoms. The van der Waals surface area contributed by atoms with Gasteiger partial charge >= 0.3 is 12.0 Å². The van der Waals surface area contributed by atoms with Gasteiger partial charge < -0.3 is 19.5 Å². The molecular formula is C23H24N4O5. The summed E-state index contributed by atoms with van der Waals surface area (Å²) < 4.78 is 12.4. The second-order valence-electron chi connectivity index (χ2n) is 7.40. The van der Waals surface area contributed by atoms with Crippen molar-refractivity contribution in [2.75, 3.05) is 33.3 Å². The Morgan fingerprint density at radius 1 is 1.00 bits per heavy atom. The first-order valence-corrected chi connectivity index (χ1v) is 10.2. The topological polar surface area (TPSA) is 97.1 Å². The van der Waals surface area contributed by atoms with Crippen LogP contribution in [0, 0.1) is 0 Å². The second-order valence-corrected chi connectivity index (χ2v) is 7.40. The van der Waals surface area contributed by atoms with E-state index in [4.69, 9.17) is 14.6 Å². The molecule has 0 spiro atoms. The number of amides is 1. The second kappa shape index (κ2) is 9.52. The Hall–Kier alpha value is -3.85. The highest BCUT2D eigenvalue weighted by Gasteiger charge is 2.23. The number of carbonyl (C=O) groups is 2. The van der Waals surface area contributed by atoms with Crippen LogP contribution < -0.4 is 9.47 Å². The highest BCUT2D eigenvalue weighted by Crippen LogP contribution is 2.31. The molecule has 3 aromatic rings. The van der Waals surface area contributed by atoms with Gasteiger partial charge in [0, 0.05) is 38.9 Å². The number of hydrogen-bond donors (Lipinski definition) is 1. The van der Waals surface area contributed by atoms with Crippen molar-refractivity contribution in [3.63, 3.8) is 0 Å². The van der Waals surface area contributed by atoms with Crippen LogP contribution in [0.4, 0.5) is 4.79 Å². The van der Waals surface area contributed by atoms with Crippen LogP contribution in [-0.4, -0.2) is 70.0 Å². The molecule has 1 saturated heterocycles. The summed E-state index contributed by atoms with van der Waals surface area (Å²) in [5, 5.41) is 12.8. The quantitative estimate of drug-likeness (QED) is 0.634. The first-order valence-electron chi connectivity index (χ1n) is 10.2. The van der Waals surface area contributed by atoms with E-state index in [-0.39, 0.29) is 11.7 Å². The third-order valence-electron chi connectivity index (χ3n) is 5.25. The number of nitrogens with zero attached hydrogens (tertiary/aromatic N) is 4. The van der Waals surface area contributed by atoms with E-state index >= 15 is 0 Å². The highest BCUT2D eigenvalue weighted by atomic mass is 16.5. The van der Waals surface area contributed by atoms with Crippen LogP contribution in [0.15, 0.2) is 60.8 Å². The summed E-state index contributed by atoms with van der Waals surface area (Å²) in [4.78, 5) is 27.5. The third-order valence-corrected chi connectivity index (χ3v) is 5.25. The van der Waals surface area contributed by atoms with E-state index in [9.17, 15) is 9.59 Å². The minimum atomic E-state index is -1.15. The van der Waals surface area contributed by atoms with Crippen molar-refractivity contribution in [3.8, 4) is 17.2 Å². The average molecular weight is 436 g/mol. The lowest BCUT2D eigenvalue weighted by Crippen LogP contribution is -2.49. The van der Waals surface area contributed by atoms with E-state index < -0.39 is 5.97 Å². The molecular weight excluding hydrogens is 412 g/mol. The molecule has 0 aliphatic carbocycles. The lowest BCUT2D eigenvalue weighted by Gasteiger charge is -2.34. The standard InChI is InChI=1S/C23H24N4O5/c1-31-20-7-2-3-8-21(20)32-18-6-4-5-17(15-18)16-25-11-13-26(14-12-25)23(30)27-10-9-19(24-27)22(28)29/h2-10,15H,11-14,16H2,1H3,(H,28,29). The van der Waals surface area contributed by atoms with Crippen LogP contribution in [0.2, 0.25) is 0 Å². The van der Waals surface area contributed by atoms with E-state index in [2.05, 4.69) is 10.00 Å². The minimum Gasteiger partial charge on any atom is -0.493 e. The van der Waals surface area contributed by atoms with E-state index in [0.717, 1.165) is 22.5 Å². The van der Waals surface area contributed by atoms with Crippen molar-refractivity contribution >= 4 is 12.0 Å². The van der Waals surface area contributed by atoms with Crippen LogP contribution >= 0.6 is 0 Å². The summed E-state index contributed by atoms with van der Waals surface area (Å²) in [6.07, 6.45) is 1.38. The molecule has 0 bridgehead atoms. The number of aromatic nitrogens is 2. The summed E-state index contributed by atoms with van der Waals surface area (Å²) in [6.45, 7) is 3.22. The molecule has 4 rings (SSSR count). The summed E-state index contributed by atoms with van der Waals surface area (Å²) >= 11 is 0. The largest absolute Gasteiger partial charge is 0.493 e. The first-order chi connectivity index (χ1) is 15.5. The van der Waals surface area contributed by atoms with Gasteiger partial charge in [0.05, 0.1) is 7.11 Å². The number of carboxylic acids is 1. The summed E-state index contributed by atoms with van der Waals surface area (Å²) in [7, 11) is 1.61. The molecule has 9 nitrogen and oxygen atoms in total. The molecule has 0 radical (unpaired) electrons. The molecule has 1 amide bonds. The number of carboxylic acid groups (broad SMARTS) is 1. The maximum atomic E-state index is 12.6. The van der Waals surface area contributed by atoms with Crippen molar-refractivity contribution in [3.05, 3.63) is 72.1 Å². The van der Waals surface area contributed by atoms with Crippen molar-refractivity contribution in [2.45, 2.75) is 6.54 Å². The third kappa shape index (κ3) is 4.89. The molecule has 1 N–H and O–H groups in total. The SMILES string of the molecule is COc1ccccc1Oc1cccc(CN2CCN(C(=O)n3ccc(C(=O)O)n3)CC2)c1. The highest BCUT2D eigenvalue weighted by molar-refractivity contribution is 5.86. The van der Waals surface area contributed by atoms with Crippen molar-refractivity contribution < 1.29 is 24.2 Å². The molecule has 2 heterocycles. The zero-order valence-electron chi connectivity index (χ0n) is 17.7. The zero-order chi connectivity index (χ0) is 22.5. The summed E-state index contributed by atoms with van der Waals surface area (Å²) in [5.74, 6) is 0.905. The van der Waals surface area contributed by atoms with Gasteiger partial charge in [-0.1, -0.05) is 24.3 Å². The first kappa shape index (κ1) is 21.4. The lowest BCUT2D eigenvalue weighted by atomic mass is 10.2. The fourth-order valence-corrected chi connectivity index (χ4v) is 3.58. The number of aromatic carboxylic acids is 1. The number of benzene rings is 2. The van der Waals surface area contributed by atoms with Gasteiger partial charge in [-0.05, 0) is 35.9 Å². The van der Waals surface area contributed by atoms with Gasteiger partial charge in [-0.15, -0.1) is 0 Å².